The molecule has 0 radical (unpaired) electrons. The highest BCUT2D eigenvalue weighted by molar-refractivity contribution is 14.1. The molecule has 1 aliphatic rings. The van der Waals surface area contributed by atoms with Gasteiger partial charge < -0.3 is 4.74 Å². The fraction of sp³-hybridized carbons (Fsp3) is 0.333. The monoisotopic (exact) mass is 294 g/mol. The van der Waals surface area contributed by atoms with Gasteiger partial charge in [-0.2, -0.15) is 0 Å². The van der Waals surface area contributed by atoms with Gasteiger partial charge in [0.2, 0.25) is 0 Å². The van der Waals surface area contributed by atoms with E-state index in [0.29, 0.717) is 11.1 Å². The third-order valence-electron chi connectivity index (χ3n) is 1.71. The van der Waals surface area contributed by atoms with Gasteiger partial charge in [-0.05, 0) is 53.6 Å². The molecule has 3 heteroatoms. The van der Waals surface area contributed by atoms with E-state index in [2.05, 4.69) is 22.6 Å². The molecule has 0 spiro atoms. The summed E-state index contributed by atoms with van der Waals surface area (Å²) < 4.78 is 6.76. The van der Waals surface area contributed by atoms with Crippen LogP contribution in [0.25, 0.3) is 0 Å². The molecule has 1 nitrogen and oxygen atoms in total. The van der Waals surface area contributed by atoms with E-state index in [0.717, 1.165) is 9.32 Å². The minimum absolute atomic E-state index is 0.417. The molecule has 2 rings (SSSR count). The largest absolute Gasteiger partial charge is 0.489 e. The zero-order valence-corrected chi connectivity index (χ0v) is 9.30. The summed E-state index contributed by atoms with van der Waals surface area (Å²) in [5.41, 5.74) is 0. The highest BCUT2D eigenvalue weighted by Gasteiger charge is 2.24. The van der Waals surface area contributed by atoms with Gasteiger partial charge in [0.25, 0.3) is 0 Å². The third-order valence-corrected chi connectivity index (χ3v) is 2.69. The quantitative estimate of drug-likeness (QED) is 0.759. The smallest absolute Gasteiger partial charge is 0.139 e. The SMILES string of the molecule is Clc1ccc(I)cc1OC1CC1. The second-order valence-corrected chi connectivity index (χ2v) is 4.54. The highest BCUT2D eigenvalue weighted by atomic mass is 127. The van der Waals surface area contributed by atoms with Crippen LogP contribution in [0.3, 0.4) is 0 Å². The van der Waals surface area contributed by atoms with Gasteiger partial charge in [-0.25, -0.2) is 0 Å². The minimum Gasteiger partial charge on any atom is -0.489 e. The highest BCUT2D eigenvalue weighted by Crippen LogP contribution is 2.32. The lowest BCUT2D eigenvalue weighted by molar-refractivity contribution is 0.303. The molecule has 0 heterocycles. The van der Waals surface area contributed by atoms with Gasteiger partial charge in [0, 0.05) is 3.57 Å². The molecule has 1 saturated carbocycles. The van der Waals surface area contributed by atoms with E-state index in [4.69, 9.17) is 16.3 Å². The van der Waals surface area contributed by atoms with Crippen LogP contribution in [0.4, 0.5) is 0 Å². The van der Waals surface area contributed by atoms with Gasteiger partial charge >= 0.3 is 0 Å². The predicted octanol–water partition coefficient (Wildman–Crippen LogP) is 3.49. The second-order valence-electron chi connectivity index (χ2n) is 2.89. The zero-order chi connectivity index (χ0) is 8.55. The van der Waals surface area contributed by atoms with Crippen LogP contribution >= 0.6 is 34.2 Å². The maximum Gasteiger partial charge on any atom is 0.139 e. The van der Waals surface area contributed by atoms with Crippen LogP contribution in [0.15, 0.2) is 18.2 Å². The first kappa shape index (κ1) is 8.63. The number of ether oxygens (including phenoxy) is 1. The van der Waals surface area contributed by atoms with Crippen molar-refractivity contribution in [2.45, 2.75) is 18.9 Å². The van der Waals surface area contributed by atoms with Crippen LogP contribution in [0.1, 0.15) is 12.8 Å². The number of hydrogen-bond acceptors (Lipinski definition) is 1. The average Bonchev–Trinajstić information content (AvgIpc) is 2.81. The molecule has 0 unspecified atom stereocenters. The predicted molar refractivity (Wildman–Crippen MR) is 57.8 cm³/mol. The Kier molecular flexibility index (Phi) is 2.46. The van der Waals surface area contributed by atoms with Gasteiger partial charge in [0.1, 0.15) is 5.75 Å². The van der Waals surface area contributed by atoms with Crippen molar-refractivity contribution in [1.82, 2.24) is 0 Å². The molecule has 0 bridgehead atoms. The number of benzene rings is 1. The van der Waals surface area contributed by atoms with Gasteiger partial charge in [0.15, 0.2) is 0 Å². The van der Waals surface area contributed by atoms with E-state index in [1.165, 1.54) is 12.8 Å². The molecule has 1 aromatic carbocycles. The van der Waals surface area contributed by atoms with E-state index >= 15 is 0 Å². The summed E-state index contributed by atoms with van der Waals surface area (Å²) in [6.45, 7) is 0. The Morgan fingerprint density at radius 2 is 2.17 bits per heavy atom. The maximum atomic E-state index is 5.94. The lowest BCUT2D eigenvalue weighted by Crippen LogP contribution is -1.96. The van der Waals surface area contributed by atoms with Crippen molar-refractivity contribution in [3.8, 4) is 5.75 Å². The van der Waals surface area contributed by atoms with Gasteiger partial charge in [-0.15, -0.1) is 0 Å². The molecule has 1 aliphatic carbocycles. The second kappa shape index (κ2) is 3.42. The molecule has 0 atom stereocenters. The molecule has 0 amide bonds. The molecule has 0 aromatic heterocycles. The molecule has 0 aliphatic heterocycles. The molecule has 0 N–H and O–H groups in total. The topological polar surface area (TPSA) is 9.23 Å². The van der Waals surface area contributed by atoms with Gasteiger partial charge in [-0.1, -0.05) is 11.6 Å². The summed E-state index contributed by atoms with van der Waals surface area (Å²) in [4.78, 5) is 0. The van der Waals surface area contributed by atoms with E-state index in [-0.39, 0.29) is 0 Å². The maximum absolute atomic E-state index is 5.94. The van der Waals surface area contributed by atoms with E-state index < -0.39 is 0 Å². The van der Waals surface area contributed by atoms with Crippen molar-refractivity contribution in [3.05, 3.63) is 26.8 Å². The van der Waals surface area contributed by atoms with Crippen LogP contribution in [0, 0.1) is 3.57 Å². The average molecular weight is 295 g/mol. The van der Waals surface area contributed by atoms with E-state index in [1.807, 2.05) is 18.2 Å². The Morgan fingerprint density at radius 3 is 2.83 bits per heavy atom. The number of rotatable bonds is 2. The summed E-state index contributed by atoms with van der Waals surface area (Å²) in [5, 5.41) is 0.710. The lowest BCUT2D eigenvalue weighted by atomic mass is 10.3. The standard InChI is InChI=1S/C9H8ClIO/c10-8-4-1-6(11)5-9(8)12-7-2-3-7/h1,4-5,7H,2-3H2. The number of hydrogen-bond donors (Lipinski definition) is 0. The van der Waals surface area contributed by atoms with Gasteiger partial charge in [-0.3, -0.25) is 0 Å². The summed E-state index contributed by atoms with van der Waals surface area (Å²) in [6.07, 6.45) is 2.75. The lowest BCUT2D eigenvalue weighted by Gasteiger charge is -2.06. The van der Waals surface area contributed by atoms with Crippen LogP contribution < -0.4 is 4.74 Å². The molecule has 12 heavy (non-hydrogen) atoms. The Labute approximate surface area is 90.2 Å². The Morgan fingerprint density at radius 1 is 1.42 bits per heavy atom. The van der Waals surface area contributed by atoms with Crippen molar-refractivity contribution in [1.29, 1.82) is 0 Å². The fourth-order valence-electron chi connectivity index (χ4n) is 0.933. The van der Waals surface area contributed by atoms with E-state index in [9.17, 15) is 0 Å². The normalized spacial score (nSPS) is 16.2. The van der Waals surface area contributed by atoms with E-state index in [1.54, 1.807) is 0 Å². The van der Waals surface area contributed by atoms with Crippen molar-refractivity contribution in [2.75, 3.05) is 0 Å². The summed E-state index contributed by atoms with van der Waals surface area (Å²) in [5.74, 6) is 0.825. The Hall–Kier alpha value is 0.0400. The third kappa shape index (κ3) is 2.04. The zero-order valence-electron chi connectivity index (χ0n) is 6.39. The summed E-state index contributed by atoms with van der Waals surface area (Å²) in [7, 11) is 0. The van der Waals surface area contributed by atoms with Crippen molar-refractivity contribution in [2.24, 2.45) is 0 Å². The van der Waals surface area contributed by atoms with Crippen LogP contribution in [-0.2, 0) is 0 Å². The Bertz CT molecular complexity index is 297. The fourth-order valence-corrected chi connectivity index (χ4v) is 1.56. The molecular formula is C9H8ClIO. The number of halogens is 2. The first-order valence-electron chi connectivity index (χ1n) is 3.87. The van der Waals surface area contributed by atoms with Gasteiger partial charge in [0.05, 0.1) is 11.1 Å². The summed E-state index contributed by atoms with van der Waals surface area (Å²) >= 11 is 8.19. The molecule has 0 saturated heterocycles. The van der Waals surface area contributed by atoms with Crippen LogP contribution in [0.2, 0.25) is 5.02 Å². The summed E-state index contributed by atoms with van der Waals surface area (Å²) in [6, 6.07) is 5.82. The Balaban J connectivity index is 2.21. The first-order chi connectivity index (χ1) is 5.75. The molecule has 64 valence electrons. The molecular weight excluding hydrogens is 286 g/mol. The first-order valence-corrected chi connectivity index (χ1v) is 5.33. The van der Waals surface area contributed by atoms with Crippen molar-refractivity contribution < 1.29 is 4.74 Å². The van der Waals surface area contributed by atoms with Crippen LogP contribution in [0.5, 0.6) is 5.75 Å². The molecule has 1 fully saturated rings. The molecule has 1 aromatic rings. The van der Waals surface area contributed by atoms with Crippen molar-refractivity contribution >= 4 is 34.2 Å². The van der Waals surface area contributed by atoms with Crippen molar-refractivity contribution in [3.63, 3.8) is 0 Å². The van der Waals surface area contributed by atoms with Crippen LogP contribution in [-0.4, -0.2) is 6.10 Å². The minimum atomic E-state index is 0.417.